The minimum absolute atomic E-state index is 0. The molecule has 0 saturated heterocycles. The number of guanidine groups is 1. The van der Waals surface area contributed by atoms with E-state index in [0.29, 0.717) is 12.6 Å². The van der Waals surface area contributed by atoms with E-state index in [0.717, 1.165) is 26.2 Å². The molecule has 0 aromatic heterocycles. The van der Waals surface area contributed by atoms with Gasteiger partial charge in [-0.05, 0) is 26.4 Å². The summed E-state index contributed by atoms with van der Waals surface area (Å²) in [7, 11) is 1.68. The number of hydrogen-bond acceptors (Lipinski definition) is 3. The molecular weight excluding hydrogens is 343 g/mol. The van der Waals surface area contributed by atoms with E-state index in [1.54, 1.807) is 7.11 Å². The normalized spacial score (nSPS) is 13.3. The Labute approximate surface area is 129 Å². The highest BCUT2D eigenvalue weighted by molar-refractivity contribution is 14.0. The van der Waals surface area contributed by atoms with Gasteiger partial charge in [-0.15, -0.1) is 24.0 Å². The number of likely N-dealkylation sites (N-methyl/N-ethyl adjacent to an activating group) is 1. The number of nitrogens with two attached hydrogens (primary N) is 1. The van der Waals surface area contributed by atoms with Gasteiger partial charge in [0.05, 0.1) is 13.2 Å². The lowest BCUT2D eigenvalue weighted by atomic mass is 10.4. The quantitative estimate of drug-likeness (QED) is 0.364. The third-order valence-corrected chi connectivity index (χ3v) is 2.50. The van der Waals surface area contributed by atoms with Crippen molar-refractivity contribution in [3.8, 4) is 0 Å². The first-order valence-electron chi connectivity index (χ1n) is 6.41. The van der Waals surface area contributed by atoms with Crippen LogP contribution in [0.4, 0.5) is 0 Å². The van der Waals surface area contributed by atoms with Gasteiger partial charge in [-0.2, -0.15) is 0 Å². The zero-order chi connectivity index (χ0) is 13.1. The molecule has 1 atom stereocenters. The molecule has 0 bridgehead atoms. The molecule has 3 N–H and O–H groups in total. The van der Waals surface area contributed by atoms with Crippen LogP contribution in [-0.2, 0) is 4.74 Å². The molecule has 0 rings (SSSR count). The largest absolute Gasteiger partial charge is 0.383 e. The van der Waals surface area contributed by atoms with Gasteiger partial charge in [0.15, 0.2) is 5.96 Å². The number of ether oxygens (including phenoxy) is 1. The van der Waals surface area contributed by atoms with Crippen molar-refractivity contribution in [3.63, 3.8) is 0 Å². The lowest BCUT2D eigenvalue weighted by Crippen LogP contribution is -2.41. The van der Waals surface area contributed by atoms with Crippen LogP contribution in [0.15, 0.2) is 4.99 Å². The molecule has 0 saturated carbocycles. The van der Waals surface area contributed by atoms with E-state index in [-0.39, 0.29) is 30.0 Å². The van der Waals surface area contributed by atoms with Gasteiger partial charge >= 0.3 is 0 Å². The molecule has 0 fully saturated rings. The van der Waals surface area contributed by atoms with Gasteiger partial charge in [-0.25, -0.2) is 0 Å². The number of nitrogens with zero attached hydrogens (tertiary/aromatic N) is 2. The fourth-order valence-corrected chi connectivity index (χ4v) is 1.65. The summed E-state index contributed by atoms with van der Waals surface area (Å²) in [6, 6.07) is 0.196. The smallest absolute Gasteiger partial charge is 0.188 e. The second kappa shape index (κ2) is 13.4. The highest BCUT2D eigenvalue weighted by Crippen LogP contribution is 1.90. The minimum atomic E-state index is 0. The Kier molecular flexibility index (Phi) is 15.0. The van der Waals surface area contributed by atoms with Crippen molar-refractivity contribution in [2.45, 2.75) is 33.2 Å². The molecule has 18 heavy (non-hydrogen) atoms. The van der Waals surface area contributed by atoms with Crippen molar-refractivity contribution in [1.29, 1.82) is 0 Å². The number of rotatable bonds is 9. The van der Waals surface area contributed by atoms with Crippen LogP contribution in [0.25, 0.3) is 0 Å². The number of nitrogens with one attached hydrogen (secondary N) is 1. The summed E-state index contributed by atoms with van der Waals surface area (Å²) in [5.41, 5.74) is 5.77. The van der Waals surface area contributed by atoms with Gasteiger partial charge in [-0.1, -0.05) is 13.8 Å². The fraction of sp³-hybridized carbons (Fsp3) is 0.917. The number of methoxy groups -OCH3 is 1. The molecule has 0 aromatic carbocycles. The SMILES string of the molecule is CCCN(CC)CCN=C(N)NC(C)COC.I. The maximum absolute atomic E-state index is 5.77. The third-order valence-electron chi connectivity index (χ3n) is 2.50. The first kappa shape index (κ1) is 20.2. The van der Waals surface area contributed by atoms with E-state index in [1.165, 1.54) is 6.42 Å². The van der Waals surface area contributed by atoms with E-state index < -0.39 is 0 Å². The molecule has 0 aliphatic rings. The lowest BCUT2D eigenvalue weighted by molar-refractivity contribution is 0.179. The molecule has 0 aromatic rings. The molecule has 6 heteroatoms. The van der Waals surface area contributed by atoms with Gasteiger partial charge in [0.25, 0.3) is 0 Å². The van der Waals surface area contributed by atoms with Crippen LogP contribution in [0.3, 0.4) is 0 Å². The fourth-order valence-electron chi connectivity index (χ4n) is 1.65. The molecule has 0 spiro atoms. The minimum Gasteiger partial charge on any atom is -0.383 e. The average molecular weight is 372 g/mol. The molecular formula is C12H29IN4O. The van der Waals surface area contributed by atoms with E-state index in [2.05, 4.69) is 29.1 Å². The standard InChI is InChI=1S/C12H28N4O.HI/c1-5-8-16(6-2)9-7-14-12(13)15-11(3)10-17-4;/h11H,5-10H2,1-4H3,(H3,13,14,15);1H. The molecule has 110 valence electrons. The summed E-state index contributed by atoms with van der Waals surface area (Å²) in [5.74, 6) is 0.502. The molecule has 0 aliphatic heterocycles. The van der Waals surface area contributed by atoms with Crippen molar-refractivity contribution in [2.24, 2.45) is 10.7 Å². The predicted octanol–water partition coefficient (Wildman–Crippen LogP) is 1.28. The van der Waals surface area contributed by atoms with E-state index in [4.69, 9.17) is 10.5 Å². The predicted molar refractivity (Wildman–Crippen MR) is 88.8 cm³/mol. The van der Waals surface area contributed by atoms with Crippen molar-refractivity contribution >= 4 is 29.9 Å². The summed E-state index contributed by atoms with van der Waals surface area (Å²) >= 11 is 0. The Hall–Kier alpha value is -0.0800. The van der Waals surface area contributed by atoms with Crippen LogP contribution in [0.5, 0.6) is 0 Å². The Morgan fingerprint density at radius 1 is 1.39 bits per heavy atom. The molecule has 0 heterocycles. The number of hydrogen-bond donors (Lipinski definition) is 2. The maximum Gasteiger partial charge on any atom is 0.188 e. The van der Waals surface area contributed by atoms with E-state index >= 15 is 0 Å². The Morgan fingerprint density at radius 2 is 2.06 bits per heavy atom. The Morgan fingerprint density at radius 3 is 2.56 bits per heavy atom. The summed E-state index contributed by atoms with van der Waals surface area (Å²) < 4.78 is 5.02. The molecule has 0 radical (unpaired) electrons. The zero-order valence-electron chi connectivity index (χ0n) is 12.1. The molecule has 5 nitrogen and oxygen atoms in total. The van der Waals surface area contributed by atoms with Crippen molar-refractivity contribution in [2.75, 3.05) is 39.9 Å². The monoisotopic (exact) mass is 372 g/mol. The summed E-state index contributed by atoms with van der Waals surface area (Å²) in [4.78, 5) is 6.67. The van der Waals surface area contributed by atoms with Gasteiger partial charge in [0.2, 0.25) is 0 Å². The molecule has 1 unspecified atom stereocenters. The topological polar surface area (TPSA) is 62.9 Å². The average Bonchev–Trinajstić information content (AvgIpc) is 2.28. The van der Waals surface area contributed by atoms with Gasteiger partial charge in [-0.3, -0.25) is 4.99 Å². The van der Waals surface area contributed by atoms with Crippen molar-refractivity contribution < 1.29 is 4.74 Å². The first-order chi connectivity index (χ1) is 8.13. The second-order valence-electron chi connectivity index (χ2n) is 4.20. The van der Waals surface area contributed by atoms with Crippen LogP contribution in [0.1, 0.15) is 27.2 Å². The van der Waals surface area contributed by atoms with E-state index in [1.807, 2.05) is 6.92 Å². The van der Waals surface area contributed by atoms with Crippen LogP contribution < -0.4 is 11.1 Å². The summed E-state index contributed by atoms with van der Waals surface area (Å²) in [6.07, 6.45) is 1.18. The van der Waals surface area contributed by atoms with Crippen molar-refractivity contribution in [3.05, 3.63) is 0 Å². The number of aliphatic imine (C=N–C) groups is 1. The Bertz CT molecular complexity index is 214. The van der Waals surface area contributed by atoms with Gasteiger partial charge < -0.3 is 20.7 Å². The van der Waals surface area contributed by atoms with Crippen LogP contribution in [0, 0.1) is 0 Å². The maximum atomic E-state index is 5.77. The molecule has 0 amide bonds. The first-order valence-corrected chi connectivity index (χ1v) is 6.41. The number of halogens is 1. The highest BCUT2D eigenvalue weighted by atomic mass is 127. The molecule has 0 aliphatic carbocycles. The second-order valence-corrected chi connectivity index (χ2v) is 4.20. The van der Waals surface area contributed by atoms with Gasteiger partial charge in [0, 0.05) is 19.7 Å². The highest BCUT2D eigenvalue weighted by Gasteiger charge is 2.02. The van der Waals surface area contributed by atoms with E-state index in [9.17, 15) is 0 Å². The summed E-state index contributed by atoms with van der Waals surface area (Å²) in [5, 5.41) is 3.09. The van der Waals surface area contributed by atoms with Crippen LogP contribution in [-0.4, -0.2) is 56.8 Å². The third kappa shape index (κ3) is 11.0. The lowest BCUT2D eigenvalue weighted by Gasteiger charge is -2.18. The zero-order valence-corrected chi connectivity index (χ0v) is 14.4. The van der Waals surface area contributed by atoms with Gasteiger partial charge in [0.1, 0.15) is 0 Å². The Balaban J connectivity index is 0. The van der Waals surface area contributed by atoms with Crippen LogP contribution in [0.2, 0.25) is 0 Å². The van der Waals surface area contributed by atoms with Crippen LogP contribution >= 0.6 is 24.0 Å². The summed E-state index contributed by atoms with van der Waals surface area (Å²) in [6.45, 7) is 10.9. The van der Waals surface area contributed by atoms with Crippen molar-refractivity contribution in [1.82, 2.24) is 10.2 Å².